The summed E-state index contributed by atoms with van der Waals surface area (Å²) in [6.07, 6.45) is 14.7. The maximum absolute atomic E-state index is 12.8. The summed E-state index contributed by atoms with van der Waals surface area (Å²) >= 11 is 0. The highest BCUT2D eigenvalue weighted by Crippen LogP contribution is 2.35. The highest BCUT2D eigenvalue weighted by molar-refractivity contribution is 6.05. The molecular weight excluding hydrogens is 1250 g/mol. The van der Waals surface area contributed by atoms with Gasteiger partial charge in [0.1, 0.15) is 5.78 Å². The van der Waals surface area contributed by atoms with Gasteiger partial charge in [-0.1, -0.05) is 205 Å². The number of anilines is 1. The summed E-state index contributed by atoms with van der Waals surface area (Å²) in [5.41, 5.74) is 14.5. The summed E-state index contributed by atoms with van der Waals surface area (Å²) in [4.78, 5) is 88.8. The van der Waals surface area contributed by atoms with Gasteiger partial charge in [-0.25, -0.2) is 0 Å². The van der Waals surface area contributed by atoms with E-state index in [1.807, 2.05) is 65.8 Å². The van der Waals surface area contributed by atoms with Crippen molar-refractivity contribution < 1.29 is 38.3 Å². The molecule has 4 aromatic carbocycles. The van der Waals surface area contributed by atoms with Crippen molar-refractivity contribution in [1.29, 1.82) is 0 Å². The van der Waals surface area contributed by atoms with E-state index in [0.717, 1.165) is 61.8 Å². The number of ether oxygens (including phenoxy) is 1. The number of hydrazone groups is 1. The Morgan fingerprint density at radius 2 is 0.832 bits per heavy atom. The first-order valence-corrected chi connectivity index (χ1v) is 38.5. The zero-order valence-electron chi connectivity index (χ0n) is 67.9. The number of methoxy groups -OCH3 is 1. The monoisotopic (exact) mass is 1390 g/mol. The molecule has 2 aliphatic rings. The lowest BCUT2D eigenvalue weighted by molar-refractivity contribution is -0.144. The maximum Gasteiger partial charge on any atom is 0.308 e. The lowest BCUT2D eigenvalue weighted by Crippen LogP contribution is -2.32. The van der Waals surface area contributed by atoms with Crippen molar-refractivity contribution in [3.8, 4) is 0 Å². The normalized spacial score (nSPS) is 13.9. The summed E-state index contributed by atoms with van der Waals surface area (Å²) in [7, 11) is 5.28. The van der Waals surface area contributed by atoms with Gasteiger partial charge in [0.15, 0.2) is 23.1 Å². The molecule has 101 heavy (non-hydrogen) atoms. The summed E-state index contributed by atoms with van der Waals surface area (Å²) < 4.78 is 4.37. The van der Waals surface area contributed by atoms with Crippen LogP contribution < -0.4 is 10.3 Å². The smallest absolute Gasteiger partial charge is 0.308 e. The van der Waals surface area contributed by atoms with Crippen LogP contribution in [0.3, 0.4) is 0 Å². The van der Waals surface area contributed by atoms with E-state index in [-0.39, 0.29) is 70.8 Å². The van der Waals surface area contributed by atoms with Crippen molar-refractivity contribution >= 4 is 52.2 Å². The Kier molecular flexibility index (Phi) is 41.1. The van der Waals surface area contributed by atoms with Crippen LogP contribution in [0.15, 0.2) is 113 Å². The molecule has 6 rings (SSSR count). The fourth-order valence-electron chi connectivity index (χ4n) is 12.9. The fraction of sp³-hybridized carbons (Fsp3) is 0.618. The number of aryl methyl sites for hydroxylation is 1. The molecule has 1 aliphatic heterocycles. The van der Waals surface area contributed by atoms with Gasteiger partial charge in [-0.2, -0.15) is 5.10 Å². The molecule has 1 unspecified atom stereocenters. The predicted octanol–water partition coefficient (Wildman–Crippen LogP) is 22.1. The SMILES string of the molecule is CC(C)CC(CC(C)C)C(=O)c1ccc(C(=O)C(C)C)cc1.CC(C)CC(CC(C)C)C(=O)c1ccc(C(=O)N(C)C(C)C)cc1.CC(C)CC(CC(C)C)C(=O)c1ccc(N(C)C(C)C)cc1.CC1=C2CCCCCCC2C(c2ccc(CCC(=O)C(C)C)cc2)=NN1.COC(=O)C(C)C. The number of ketones is 5. The molecule has 0 spiro atoms. The number of carbonyl (C=O) groups is 7. The topological polar surface area (TPSA) is 160 Å². The van der Waals surface area contributed by atoms with Crippen LogP contribution in [-0.4, -0.2) is 84.7 Å². The van der Waals surface area contributed by atoms with Crippen LogP contribution in [0, 0.1) is 76.9 Å². The molecule has 1 heterocycles. The van der Waals surface area contributed by atoms with Crippen molar-refractivity contribution in [2.45, 2.75) is 261 Å². The van der Waals surface area contributed by atoms with Gasteiger partial charge in [0.25, 0.3) is 5.91 Å². The minimum absolute atomic E-state index is 0.00463. The molecule has 1 fully saturated rings. The van der Waals surface area contributed by atoms with E-state index < -0.39 is 0 Å². The summed E-state index contributed by atoms with van der Waals surface area (Å²) in [5.74, 6) is 5.01. The second-order valence-electron chi connectivity index (χ2n) is 32.7. The zero-order chi connectivity index (χ0) is 76.5. The molecule has 1 N–H and O–H groups in total. The summed E-state index contributed by atoms with van der Waals surface area (Å²) in [6, 6.07) is 31.8. The fourth-order valence-corrected chi connectivity index (χ4v) is 12.9. The van der Waals surface area contributed by atoms with Gasteiger partial charge in [0, 0.05) is 107 Å². The molecule has 12 heteroatoms. The molecule has 0 saturated heterocycles. The molecule has 0 aromatic heterocycles. The number of nitrogens with one attached hydrogen (secondary N) is 1. The molecule has 1 atom stereocenters. The number of nitrogens with zero attached hydrogens (tertiary/aromatic N) is 3. The van der Waals surface area contributed by atoms with Crippen LogP contribution in [0.25, 0.3) is 0 Å². The standard InChI is InChI=1S/C23H32N2O.C21H33NO2.C20H33NO.C20H30O2.C5H10O2/c1-16(2)22(26)15-12-18-10-13-19(14-11-18)23-21-9-7-5-4-6-8-20(21)17(3)24-25-23;1-14(2)12-19(13-15(3)4)20(23)17-8-10-18(11-9-17)21(24)22(7)16(5)6;1-14(2)12-18(13-15(3)4)20(22)17-8-10-19(11-9-17)21(7)16(5)6;1-13(2)11-18(12-14(3)4)20(22)17-9-7-16(8-10-17)19(21)15(5)6;1-4(2)5(6)7-3/h10-11,13-14,16,21,24H,4-9,12,15H2,1-3H3;8-11,14-16,19H,12-13H2,1-7H3;8-11,14-16,18H,12-13H2,1-7H3;7-10,13-15,18H,11-12H2,1-6H3;4H,1-3H3. The minimum Gasteiger partial charge on any atom is -0.469 e. The third-order valence-electron chi connectivity index (χ3n) is 19.0. The minimum atomic E-state index is -0.153. The number of hydrogen-bond acceptors (Lipinski definition) is 11. The molecular formula is C89H138N4O8. The molecule has 0 radical (unpaired) electrons. The molecule has 1 amide bonds. The van der Waals surface area contributed by atoms with Crippen LogP contribution in [0.2, 0.25) is 0 Å². The van der Waals surface area contributed by atoms with E-state index >= 15 is 0 Å². The number of fused-ring (bicyclic) bond motifs is 1. The number of Topliss-reactive ketones (excluding diaryl/α,β-unsaturated/α-hetero) is 5. The first-order valence-electron chi connectivity index (χ1n) is 38.5. The third kappa shape index (κ3) is 32.6. The van der Waals surface area contributed by atoms with Crippen LogP contribution in [-0.2, 0) is 20.7 Å². The van der Waals surface area contributed by atoms with Gasteiger partial charge in [-0.3, -0.25) is 39.0 Å². The predicted molar refractivity (Wildman–Crippen MR) is 424 cm³/mol. The second kappa shape index (κ2) is 46.0. The van der Waals surface area contributed by atoms with Gasteiger partial charge < -0.3 is 14.5 Å². The number of amides is 1. The van der Waals surface area contributed by atoms with E-state index in [4.69, 9.17) is 5.10 Å². The van der Waals surface area contributed by atoms with E-state index in [1.165, 1.54) is 68.2 Å². The number of allylic oxidation sites excluding steroid dienone is 2. The Balaban J connectivity index is 0.000000444. The van der Waals surface area contributed by atoms with Gasteiger partial charge >= 0.3 is 5.97 Å². The third-order valence-corrected chi connectivity index (χ3v) is 19.0. The molecule has 1 aliphatic carbocycles. The molecule has 12 nitrogen and oxygen atoms in total. The average Bonchev–Trinajstić information content (AvgIpc) is 0.638. The molecule has 1 saturated carbocycles. The van der Waals surface area contributed by atoms with Gasteiger partial charge in [0.2, 0.25) is 0 Å². The Bertz CT molecular complexity index is 3170. The Labute approximate surface area is 614 Å². The van der Waals surface area contributed by atoms with E-state index in [0.29, 0.717) is 82.1 Å². The van der Waals surface area contributed by atoms with Gasteiger partial charge in [-0.05, 0) is 187 Å². The van der Waals surface area contributed by atoms with Crippen molar-refractivity contribution in [2.75, 3.05) is 26.1 Å². The lowest BCUT2D eigenvalue weighted by Gasteiger charge is -2.30. The van der Waals surface area contributed by atoms with Crippen LogP contribution >= 0.6 is 0 Å². The summed E-state index contributed by atoms with van der Waals surface area (Å²) in [5, 5.41) is 4.72. The van der Waals surface area contributed by atoms with Gasteiger partial charge in [-0.15, -0.1) is 0 Å². The van der Waals surface area contributed by atoms with Crippen molar-refractivity contribution in [2.24, 2.45) is 82.0 Å². The average molecular weight is 1390 g/mol. The van der Waals surface area contributed by atoms with Crippen LogP contribution in [0.1, 0.15) is 306 Å². The number of esters is 1. The molecule has 562 valence electrons. The molecule has 0 bridgehead atoms. The first kappa shape index (κ1) is 90.3. The second-order valence-corrected chi connectivity index (χ2v) is 32.7. The van der Waals surface area contributed by atoms with E-state index in [2.05, 4.69) is 162 Å². The van der Waals surface area contributed by atoms with Crippen LogP contribution in [0.4, 0.5) is 5.69 Å². The number of hydrogen-bond donors (Lipinski definition) is 1. The van der Waals surface area contributed by atoms with Crippen molar-refractivity contribution in [3.63, 3.8) is 0 Å². The zero-order valence-corrected chi connectivity index (χ0v) is 67.9. The highest BCUT2D eigenvalue weighted by atomic mass is 16.5. The van der Waals surface area contributed by atoms with Crippen molar-refractivity contribution in [3.05, 3.63) is 147 Å². The lowest BCUT2D eigenvalue weighted by atomic mass is 9.79. The molecule has 4 aromatic rings. The van der Waals surface area contributed by atoms with Crippen LogP contribution in [0.5, 0.6) is 0 Å². The van der Waals surface area contributed by atoms with E-state index in [9.17, 15) is 33.6 Å². The number of rotatable bonds is 30. The Morgan fingerprint density at radius 1 is 0.455 bits per heavy atom. The van der Waals surface area contributed by atoms with Gasteiger partial charge in [0.05, 0.1) is 18.7 Å². The maximum atomic E-state index is 12.8. The quantitative estimate of drug-likeness (QED) is 0.0393. The number of carbonyl (C=O) groups excluding carboxylic acids is 7. The summed E-state index contributed by atoms with van der Waals surface area (Å²) in [6.45, 7) is 47.8. The Hall–Kier alpha value is -6.82. The Morgan fingerprint density at radius 3 is 1.17 bits per heavy atom. The number of benzene rings is 4. The van der Waals surface area contributed by atoms with E-state index in [1.54, 1.807) is 67.8 Å². The highest BCUT2D eigenvalue weighted by Gasteiger charge is 2.30. The van der Waals surface area contributed by atoms with Crippen molar-refractivity contribution in [1.82, 2.24) is 10.3 Å². The largest absolute Gasteiger partial charge is 0.469 e. The first-order chi connectivity index (χ1) is 47.3.